The van der Waals surface area contributed by atoms with Gasteiger partial charge in [0.15, 0.2) is 0 Å². The molecule has 22 heavy (non-hydrogen) atoms. The number of hydrogen-bond donors (Lipinski definition) is 2. The minimum atomic E-state index is -0.277. The predicted octanol–water partition coefficient (Wildman–Crippen LogP) is 2.41. The van der Waals surface area contributed by atoms with E-state index >= 15 is 0 Å². The van der Waals surface area contributed by atoms with Crippen molar-refractivity contribution in [3.05, 3.63) is 35.9 Å². The average molecular weight is 336 g/mol. The monoisotopic (exact) mass is 336 g/mol. The van der Waals surface area contributed by atoms with Gasteiger partial charge in [-0.2, -0.15) is 9.36 Å². The van der Waals surface area contributed by atoms with Crippen molar-refractivity contribution < 1.29 is 9.59 Å². The number of amides is 2. The van der Waals surface area contributed by atoms with Crippen molar-refractivity contribution in [2.45, 2.75) is 24.5 Å². The van der Waals surface area contributed by atoms with E-state index in [1.54, 1.807) is 31.2 Å². The lowest BCUT2D eigenvalue weighted by Crippen LogP contribution is -2.35. The summed E-state index contributed by atoms with van der Waals surface area (Å²) in [5.41, 5.74) is 0.573. The zero-order chi connectivity index (χ0) is 15.9. The maximum Gasteiger partial charge on any atom is 0.251 e. The number of carbonyl (C=O) groups is 2. The Morgan fingerprint density at radius 2 is 2.05 bits per heavy atom. The van der Waals surface area contributed by atoms with Crippen LogP contribution in [0.25, 0.3) is 0 Å². The Morgan fingerprint density at radius 3 is 2.68 bits per heavy atom. The van der Waals surface area contributed by atoms with E-state index in [1.165, 1.54) is 11.8 Å². The van der Waals surface area contributed by atoms with E-state index in [2.05, 4.69) is 20.0 Å². The molecule has 0 fully saturated rings. The maximum atomic E-state index is 12.0. The Labute approximate surface area is 136 Å². The minimum Gasteiger partial charge on any atom is -0.349 e. The van der Waals surface area contributed by atoms with Gasteiger partial charge in [-0.15, -0.1) is 0 Å². The smallest absolute Gasteiger partial charge is 0.251 e. The first-order chi connectivity index (χ1) is 10.6. The average Bonchev–Trinajstić information content (AvgIpc) is 2.95. The fourth-order valence-electron chi connectivity index (χ4n) is 1.74. The molecule has 6 nitrogen and oxygen atoms in total. The number of benzene rings is 1. The molecule has 1 aromatic heterocycles. The van der Waals surface area contributed by atoms with Crippen LogP contribution >= 0.6 is 23.3 Å². The molecule has 2 amide bonds. The summed E-state index contributed by atoms with van der Waals surface area (Å²) in [7, 11) is 0. The van der Waals surface area contributed by atoms with Gasteiger partial charge in [0.1, 0.15) is 0 Å². The van der Waals surface area contributed by atoms with Gasteiger partial charge >= 0.3 is 0 Å². The molecule has 1 heterocycles. The number of nitrogens with zero attached hydrogens (tertiary/aromatic N) is 2. The van der Waals surface area contributed by atoms with Crippen molar-refractivity contribution in [2.75, 3.05) is 11.6 Å². The van der Waals surface area contributed by atoms with Gasteiger partial charge < -0.3 is 10.6 Å². The van der Waals surface area contributed by atoms with Crippen molar-refractivity contribution in [3.63, 3.8) is 0 Å². The highest BCUT2D eigenvalue weighted by Gasteiger charge is 2.14. The minimum absolute atomic E-state index is 0.173. The van der Waals surface area contributed by atoms with Crippen LogP contribution in [0.3, 0.4) is 0 Å². The molecule has 116 valence electrons. The van der Waals surface area contributed by atoms with Crippen molar-refractivity contribution >= 4 is 40.2 Å². The Bertz CT molecular complexity index is 645. The number of carbonyl (C=O) groups excluding carboxylic acids is 2. The standard InChI is InChI=1S/C14H16N4O2S2/c1-9(15-12(20)10-6-4-3-5-7-10)8-11(19)16-13-17-14(21-2)18-22-13/h3-7,9H,8H2,1-2H3,(H,15,20)(H,16,17,18,19)/t9-/m1/s1. The van der Waals surface area contributed by atoms with Crippen LogP contribution < -0.4 is 10.6 Å². The lowest BCUT2D eigenvalue weighted by atomic mass is 10.1. The summed E-state index contributed by atoms with van der Waals surface area (Å²) < 4.78 is 4.06. The second-order valence-corrected chi connectivity index (χ2v) is 6.10. The predicted molar refractivity (Wildman–Crippen MR) is 88.3 cm³/mol. The Morgan fingerprint density at radius 1 is 1.32 bits per heavy atom. The molecule has 0 saturated carbocycles. The molecule has 0 radical (unpaired) electrons. The van der Waals surface area contributed by atoms with Crippen LogP contribution in [0.1, 0.15) is 23.7 Å². The van der Waals surface area contributed by atoms with E-state index in [0.717, 1.165) is 11.5 Å². The van der Waals surface area contributed by atoms with Gasteiger partial charge in [0, 0.05) is 29.6 Å². The molecule has 0 bridgehead atoms. The van der Waals surface area contributed by atoms with Gasteiger partial charge in [-0.1, -0.05) is 30.0 Å². The van der Waals surface area contributed by atoms with Crippen LogP contribution in [-0.4, -0.2) is 33.5 Å². The van der Waals surface area contributed by atoms with Crippen LogP contribution in [-0.2, 0) is 4.79 Å². The van der Waals surface area contributed by atoms with Crippen LogP contribution in [0.15, 0.2) is 35.5 Å². The molecule has 0 spiro atoms. The number of thioether (sulfide) groups is 1. The third-order valence-corrected chi connectivity index (χ3v) is 4.04. The number of rotatable bonds is 6. The Kier molecular flexibility index (Phi) is 5.91. The van der Waals surface area contributed by atoms with Gasteiger partial charge in [0.05, 0.1) is 0 Å². The first-order valence-corrected chi connectivity index (χ1v) is 8.61. The zero-order valence-electron chi connectivity index (χ0n) is 12.2. The van der Waals surface area contributed by atoms with Gasteiger partial charge in [0.25, 0.3) is 5.91 Å². The lowest BCUT2D eigenvalue weighted by Gasteiger charge is -2.13. The van der Waals surface area contributed by atoms with Crippen molar-refractivity contribution in [1.82, 2.24) is 14.7 Å². The molecule has 1 atom stereocenters. The summed E-state index contributed by atoms with van der Waals surface area (Å²) in [4.78, 5) is 28.0. The molecule has 2 aromatic rings. The highest BCUT2D eigenvalue weighted by molar-refractivity contribution is 7.98. The van der Waals surface area contributed by atoms with E-state index in [0.29, 0.717) is 15.9 Å². The maximum absolute atomic E-state index is 12.0. The summed E-state index contributed by atoms with van der Waals surface area (Å²) in [6, 6.07) is 8.62. The van der Waals surface area contributed by atoms with E-state index < -0.39 is 0 Å². The fraction of sp³-hybridized carbons (Fsp3) is 0.286. The van der Waals surface area contributed by atoms with E-state index in [9.17, 15) is 9.59 Å². The molecular formula is C14H16N4O2S2. The molecule has 8 heteroatoms. The quantitative estimate of drug-likeness (QED) is 0.792. The van der Waals surface area contributed by atoms with E-state index in [-0.39, 0.29) is 24.3 Å². The second-order valence-electron chi connectivity index (χ2n) is 4.58. The molecular weight excluding hydrogens is 320 g/mol. The van der Waals surface area contributed by atoms with Crippen LogP contribution in [0.5, 0.6) is 0 Å². The molecule has 0 aliphatic rings. The summed E-state index contributed by atoms with van der Waals surface area (Å²) in [5, 5.41) is 6.57. The number of anilines is 1. The lowest BCUT2D eigenvalue weighted by molar-refractivity contribution is -0.116. The van der Waals surface area contributed by atoms with Crippen molar-refractivity contribution in [3.8, 4) is 0 Å². The van der Waals surface area contributed by atoms with Crippen molar-refractivity contribution in [2.24, 2.45) is 0 Å². The molecule has 0 saturated heterocycles. The summed E-state index contributed by atoms with van der Waals surface area (Å²) in [6.07, 6.45) is 2.04. The van der Waals surface area contributed by atoms with Crippen LogP contribution in [0.4, 0.5) is 5.13 Å². The summed E-state index contributed by atoms with van der Waals surface area (Å²) in [6.45, 7) is 1.79. The Hall–Kier alpha value is -1.93. The molecule has 2 rings (SSSR count). The van der Waals surface area contributed by atoms with E-state index in [1.807, 2.05) is 12.3 Å². The highest BCUT2D eigenvalue weighted by atomic mass is 32.2. The van der Waals surface area contributed by atoms with Gasteiger partial charge in [-0.3, -0.25) is 9.59 Å². The third kappa shape index (κ3) is 4.81. The van der Waals surface area contributed by atoms with E-state index in [4.69, 9.17) is 0 Å². The number of hydrogen-bond acceptors (Lipinski definition) is 6. The van der Waals surface area contributed by atoms with Crippen LogP contribution in [0.2, 0.25) is 0 Å². The molecule has 0 aliphatic carbocycles. The van der Waals surface area contributed by atoms with Gasteiger partial charge in [-0.25, -0.2) is 0 Å². The Balaban J connectivity index is 1.82. The van der Waals surface area contributed by atoms with Crippen molar-refractivity contribution in [1.29, 1.82) is 0 Å². The first-order valence-electron chi connectivity index (χ1n) is 6.62. The highest BCUT2D eigenvalue weighted by Crippen LogP contribution is 2.17. The normalized spacial score (nSPS) is 11.7. The SMILES string of the molecule is CSc1nsc(NC(=O)C[C@@H](C)NC(=O)c2ccccc2)n1. The second kappa shape index (κ2) is 7.90. The molecule has 0 unspecified atom stereocenters. The number of nitrogens with one attached hydrogen (secondary N) is 2. The summed E-state index contributed by atoms with van der Waals surface area (Å²) >= 11 is 2.56. The topological polar surface area (TPSA) is 84.0 Å². The van der Waals surface area contributed by atoms with Gasteiger partial charge in [0.2, 0.25) is 16.2 Å². The molecule has 0 aliphatic heterocycles. The summed E-state index contributed by atoms with van der Waals surface area (Å²) in [5.74, 6) is -0.397. The zero-order valence-corrected chi connectivity index (χ0v) is 13.8. The fourth-order valence-corrected chi connectivity index (χ4v) is 2.88. The molecule has 2 N–H and O–H groups in total. The largest absolute Gasteiger partial charge is 0.349 e. The number of aromatic nitrogens is 2. The molecule has 1 aromatic carbocycles. The third-order valence-electron chi connectivity index (χ3n) is 2.74. The first kappa shape index (κ1) is 16.4. The van der Waals surface area contributed by atoms with Gasteiger partial charge in [-0.05, 0) is 25.3 Å². The van der Waals surface area contributed by atoms with Crippen LogP contribution in [0, 0.1) is 0 Å².